The maximum absolute atomic E-state index is 10.5. The van der Waals surface area contributed by atoms with E-state index < -0.39 is 10.0 Å². The molecule has 11 heavy (non-hydrogen) atoms. The molecule has 4 nitrogen and oxygen atoms in total. The number of rotatable bonds is 1. The predicted octanol–water partition coefficient (Wildman–Crippen LogP) is 1.49. The van der Waals surface area contributed by atoms with Gasteiger partial charge in [-0.1, -0.05) is 12.8 Å². The van der Waals surface area contributed by atoms with E-state index in [9.17, 15) is 10.1 Å². The lowest BCUT2D eigenvalue weighted by molar-refractivity contribution is -0.566. The summed E-state index contributed by atoms with van der Waals surface area (Å²) in [6.07, 6.45) is 2.08. The van der Waals surface area contributed by atoms with Gasteiger partial charge >= 0.3 is 5.12 Å². The third kappa shape index (κ3) is 1.60. The molecule has 0 amide bonds. The Balaban J connectivity index is 2.72. The summed E-state index contributed by atoms with van der Waals surface area (Å²) >= 11 is 9.65. The summed E-state index contributed by atoms with van der Waals surface area (Å²) in [7, 11) is 0. The van der Waals surface area contributed by atoms with Gasteiger partial charge in [-0.15, -0.1) is 0 Å². The molecule has 0 bridgehead atoms. The Morgan fingerprint density at radius 2 is 2.27 bits per heavy atom. The average Bonchev–Trinajstić information content (AvgIpc) is 1.95. The van der Waals surface area contributed by atoms with E-state index in [1.54, 1.807) is 0 Å². The van der Waals surface area contributed by atoms with E-state index in [0.717, 1.165) is 12.8 Å². The zero-order chi connectivity index (χ0) is 8.48. The molecule has 0 radical (unpaired) electrons. The minimum Gasteiger partial charge on any atom is -0.261 e. The van der Waals surface area contributed by atoms with Crippen LogP contribution in [0.1, 0.15) is 19.3 Å². The molecule has 6 heteroatoms. The average molecular weight is 197 g/mol. The highest BCUT2D eigenvalue weighted by molar-refractivity contribution is 7.77. The van der Waals surface area contributed by atoms with Crippen molar-refractivity contribution in [2.24, 2.45) is 0 Å². The molecule has 0 spiro atoms. The van der Waals surface area contributed by atoms with Gasteiger partial charge in [-0.25, -0.2) is 0 Å². The summed E-state index contributed by atoms with van der Waals surface area (Å²) in [5.41, 5.74) is 0. The van der Waals surface area contributed by atoms with Crippen LogP contribution in [0.25, 0.3) is 0 Å². The van der Waals surface area contributed by atoms with E-state index >= 15 is 0 Å². The van der Waals surface area contributed by atoms with Gasteiger partial charge < -0.3 is 0 Å². The van der Waals surface area contributed by atoms with Crippen LogP contribution in [0.5, 0.6) is 0 Å². The molecule has 0 aromatic rings. The van der Waals surface area contributed by atoms with Gasteiger partial charge in [0.15, 0.2) is 0 Å². The van der Waals surface area contributed by atoms with Crippen LogP contribution in [0.2, 0.25) is 0 Å². The Morgan fingerprint density at radius 1 is 1.64 bits per heavy atom. The van der Waals surface area contributed by atoms with Crippen LogP contribution >= 0.6 is 24.4 Å². The molecule has 0 aliphatic carbocycles. The van der Waals surface area contributed by atoms with Crippen LogP contribution < -0.4 is 0 Å². The second-order valence-electron chi connectivity index (χ2n) is 2.56. The predicted molar refractivity (Wildman–Crippen MR) is 45.1 cm³/mol. The topological polar surface area (TPSA) is 46.4 Å². The highest BCUT2D eigenvalue weighted by Gasteiger charge is 2.47. The normalized spacial score (nSPS) is 33.6. The van der Waals surface area contributed by atoms with Crippen molar-refractivity contribution >= 4 is 24.4 Å². The molecule has 1 aliphatic heterocycles. The Hall–Kier alpha value is -0.000000000000000111. The minimum absolute atomic E-state index is 0.366. The van der Waals surface area contributed by atoms with Crippen LogP contribution in [0, 0.1) is 10.1 Å². The van der Waals surface area contributed by atoms with Crippen molar-refractivity contribution in [1.29, 1.82) is 0 Å². The molecule has 1 fully saturated rings. The number of hydrogen-bond acceptors (Lipinski definition) is 4. The van der Waals surface area contributed by atoms with Gasteiger partial charge in [0, 0.05) is 6.54 Å². The van der Waals surface area contributed by atoms with Crippen LogP contribution in [0.15, 0.2) is 0 Å². The molecular weight excluding hydrogens is 188 g/mol. The number of halogens is 1. The monoisotopic (exact) mass is 196 g/mol. The Kier molecular flexibility index (Phi) is 2.61. The fraction of sp³-hybridized carbons (Fsp3) is 1.00. The first-order chi connectivity index (χ1) is 5.07. The minimum atomic E-state index is -1.47. The Bertz CT molecular complexity index is 180. The van der Waals surface area contributed by atoms with Crippen LogP contribution in [0.3, 0.4) is 0 Å². The summed E-state index contributed by atoms with van der Waals surface area (Å²) < 4.78 is 1.29. The van der Waals surface area contributed by atoms with Gasteiger partial charge in [0.25, 0.3) is 0 Å². The van der Waals surface area contributed by atoms with E-state index in [0.29, 0.717) is 13.0 Å². The second kappa shape index (κ2) is 3.16. The van der Waals surface area contributed by atoms with E-state index in [1.165, 1.54) is 4.31 Å². The van der Waals surface area contributed by atoms with E-state index in [-0.39, 0.29) is 0 Å². The van der Waals surface area contributed by atoms with Crippen molar-refractivity contribution in [3.63, 3.8) is 0 Å². The standard InChI is InChI=1S/C5H9ClN2O2S/c6-5(8(9)10)3-1-2-4-7(5)11/h11H,1-4H2. The van der Waals surface area contributed by atoms with Crippen LogP contribution in [-0.4, -0.2) is 20.9 Å². The summed E-state index contributed by atoms with van der Waals surface area (Å²) in [6, 6.07) is 0. The van der Waals surface area contributed by atoms with Crippen molar-refractivity contribution < 1.29 is 4.92 Å². The number of nitrogens with zero attached hydrogens (tertiary/aromatic N) is 2. The zero-order valence-corrected chi connectivity index (χ0v) is 7.51. The molecule has 0 aromatic heterocycles. The highest BCUT2D eigenvalue weighted by atomic mass is 35.5. The molecule has 1 saturated heterocycles. The van der Waals surface area contributed by atoms with Gasteiger partial charge in [0.2, 0.25) is 0 Å². The van der Waals surface area contributed by atoms with Crippen LogP contribution in [0.4, 0.5) is 0 Å². The van der Waals surface area contributed by atoms with E-state index in [1.807, 2.05) is 0 Å². The van der Waals surface area contributed by atoms with Crippen molar-refractivity contribution in [2.45, 2.75) is 24.4 Å². The van der Waals surface area contributed by atoms with Gasteiger partial charge in [-0.3, -0.25) is 10.1 Å². The van der Waals surface area contributed by atoms with Crippen LogP contribution in [-0.2, 0) is 0 Å². The molecule has 1 heterocycles. The van der Waals surface area contributed by atoms with Crippen molar-refractivity contribution in [2.75, 3.05) is 6.54 Å². The van der Waals surface area contributed by atoms with Crippen molar-refractivity contribution in [3.05, 3.63) is 10.1 Å². The van der Waals surface area contributed by atoms with E-state index in [4.69, 9.17) is 11.6 Å². The zero-order valence-electron chi connectivity index (χ0n) is 5.86. The number of piperidine rings is 1. The van der Waals surface area contributed by atoms with Gasteiger partial charge in [-0.2, -0.15) is 4.31 Å². The molecule has 1 atom stereocenters. The smallest absolute Gasteiger partial charge is 0.261 e. The maximum atomic E-state index is 10.5. The number of hydrogen-bond donors (Lipinski definition) is 1. The number of alkyl halides is 1. The van der Waals surface area contributed by atoms with Gasteiger partial charge in [0.1, 0.15) is 0 Å². The molecule has 1 aliphatic rings. The summed E-state index contributed by atoms with van der Waals surface area (Å²) in [4.78, 5) is 9.98. The molecular formula is C5H9ClN2O2S. The van der Waals surface area contributed by atoms with Crippen molar-refractivity contribution in [1.82, 2.24) is 4.31 Å². The van der Waals surface area contributed by atoms with E-state index in [2.05, 4.69) is 12.8 Å². The molecule has 0 N–H and O–H groups in total. The highest BCUT2D eigenvalue weighted by Crippen LogP contribution is 2.33. The lowest BCUT2D eigenvalue weighted by Crippen LogP contribution is -2.48. The third-order valence-electron chi connectivity index (χ3n) is 1.79. The maximum Gasteiger partial charge on any atom is 0.362 e. The number of thiol groups is 1. The second-order valence-corrected chi connectivity index (χ2v) is 3.64. The van der Waals surface area contributed by atoms with Gasteiger partial charge in [0.05, 0.1) is 11.3 Å². The first-order valence-corrected chi connectivity index (χ1v) is 4.15. The number of nitro groups is 1. The molecule has 64 valence electrons. The largest absolute Gasteiger partial charge is 0.362 e. The summed E-state index contributed by atoms with van der Waals surface area (Å²) in [5.74, 6) is 0. The molecule has 1 rings (SSSR count). The summed E-state index contributed by atoms with van der Waals surface area (Å²) in [5, 5.41) is 9.00. The Morgan fingerprint density at radius 3 is 2.64 bits per heavy atom. The lowest BCUT2D eigenvalue weighted by atomic mass is 10.1. The molecule has 0 aromatic carbocycles. The fourth-order valence-electron chi connectivity index (χ4n) is 1.10. The lowest BCUT2D eigenvalue weighted by Gasteiger charge is -2.30. The first kappa shape index (κ1) is 9.09. The SMILES string of the molecule is O=[N+]([O-])C1(Cl)CCCCN1S. The Labute approximate surface area is 75.2 Å². The third-order valence-corrected chi connectivity index (χ3v) is 2.97. The fourth-order valence-corrected chi connectivity index (χ4v) is 1.63. The quantitative estimate of drug-likeness (QED) is 0.227. The molecule has 0 saturated carbocycles. The molecule has 1 unspecified atom stereocenters. The first-order valence-electron chi connectivity index (χ1n) is 3.37. The van der Waals surface area contributed by atoms with Gasteiger partial charge in [-0.05, 0) is 24.4 Å². The van der Waals surface area contributed by atoms with Crippen molar-refractivity contribution in [3.8, 4) is 0 Å². The summed E-state index contributed by atoms with van der Waals surface area (Å²) in [6.45, 7) is 0.577.